The molecule has 5 nitrogen and oxygen atoms in total. The second kappa shape index (κ2) is 4.81. The molecule has 0 unspecified atom stereocenters. The first-order valence-corrected chi connectivity index (χ1v) is 7.87. The Morgan fingerprint density at radius 3 is 2.76 bits per heavy atom. The van der Waals surface area contributed by atoms with E-state index in [0.717, 1.165) is 24.2 Å². The zero-order valence-corrected chi connectivity index (χ0v) is 11.4. The fourth-order valence-electron chi connectivity index (χ4n) is 1.61. The maximum Gasteiger partial charge on any atom is 0.251 e. The minimum absolute atomic E-state index is 0.0453. The zero-order valence-electron chi connectivity index (χ0n) is 9.02. The van der Waals surface area contributed by atoms with Gasteiger partial charge < -0.3 is 5.11 Å². The third-order valence-corrected chi connectivity index (χ3v) is 5.93. The van der Waals surface area contributed by atoms with Gasteiger partial charge in [-0.1, -0.05) is 22.9 Å². The van der Waals surface area contributed by atoms with Gasteiger partial charge in [0, 0.05) is 13.2 Å². The first-order chi connectivity index (χ1) is 7.97. The molecule has 1 aromatic rings. The molecule has 1 fully saturated rings. The molecule has 0 aliphatic heterocycles. The van der Waals surface area contributed by atoms with Crippen molar-refractivity contribution in [2.45, 2.75) is 23.5 Å². The van der Waals surface area contributed by atoms with Gasteiger partial charge in [-0.25, -0.2) is 18.1 Å². The van der Waals surface area contributed by atoms with Crippen molar-refractivity contribution in [2.24, 2.45) is 5.41 Å². The number of nitrogens with zero attached hydrogens (tertiary/aromatic N) is 1. The van der Waals surface area contributed by atoms with Gasteiger partial charge in [0.05, 0.1) is 6.20 Å². The number of aliphatic hydroxyl groups is 1. The van der Waals surface area contributed by atoms with E-state index >= 15 is 0 Å². The lowest BCUT2D eigenvalue weighted by Gasteiger charge is -2.13. The molecule has 0 atom stereocenters. The maximum absolute atomic E-state index is 11.9. The van der Waals surface area contributed by atoms with Crippen LogP contribution in [-0.4, -0.2) is 31.7 Å². The fourth-order valence-corrected chi connectivity index (χ4v) is 4.11. The van der Waals surface area contributed by atoms with Crippen LogP contribution in [0, 0.1) is 5.41 Å². The predicted molar refractivity (Wildman–Crippen MR) is 65.7 cm³/mol. The van der Waals surface area contributed by atoms with E-state index in [1.165, 1.54) is 6.20 Å². The minimum Gasteiger partial charge on any atom is -0.396 e. The highest BCUT2D eigenvalue weighted by atomic mass is 35.5. The number of halogens is 1. The van der Waals surface area contributed by atoms with Crippen molar-refractivity contribution in [2.75, 3.05) is 13.2 Å². The van der Waals surface area contributed by atoms with E-state index in [0.29, 0.717) is 13.0 Å². The summed E-state index contributed by atoms with van der Waals surface area (Å²) in [5, 5.41) is 8.89. The molecule has 1 heterocycles. The second-order valence-corrected chi connectivity index (χ2v) is 7.84. The summed E-state index contributed by atoms with van der Waals surface area (Å²) in [7, 11) is -3.51. The van der Waals surface area contributed by atoms with Gasteiger partial charge in [-0.2, -0.15) is 0 Å². The molecule has 0 saturated heterocycles. The van der Waals surface area contributed by atoms with Crippen LogP contribution in [0.1, 0.15) is 19.3 Å². The molecule has 0 aromatic carbocycles. The third-order valence-electron chi connectivity index (χ3n) is 2.96. The molecule has 1 aliphatic carbocycles. The van der Waals surface area contributed by atoms with Crippen LogP contribution in [0.5, 0.6) is 0 Å². The van der Waals surface area contributed by atoms with Gasteiger partial charge in [-0.05, 0) is 24.7 Å². The number of hydrogen-bond donors (Lipinski definition) is 2. The van der Waals surface area contributed by atoms with Crippen molar-refractivity contribution in [3.63, 3.8) is 0 Å². The highest BCUT2D eigenvalue weighted by Gasteiger charge is 2.42. The molecule has 0 amide bonds. The van der Waals surface area contributed by atoms with Crippen molar-refractivity contribution < 1.29 is 13.5 Å². The first kappa shape index (κ1) is 13.2. The lowest BCUT2D eigenvalue weighted by atomic mass is 10.0. The van der Waals surface area contributed by atoms with E-state index in [9.17, 15) is 8.42 Å². The average Bonchev–Trinajstić information content (AvgIpc) is 2.89. The van der Waals surface area contributed by atoms with Crippen LogP contribution in [0.25, 0.3) is 0 Å². The highest BCUT2D eigenvalue weighted by Crippen LogP contribution is 2.48. The maximum atomic E-state index is 11.9. The standard InChI is InChI=1S/C9H13ClN2O3S2/c10-8-11-5-7(16-8)17(14,15)12-6-9(1-2-9)3-4-13/h5,12-13H,1-4,6H2. The van der Waals surface area contributed by atoms with Crippen LogP contribution < -0.4 is 4.72 Å². The molecule has 1 aliphatic rings. The van der Waals surface area contributed by atoms with Crippen LogP contribution in [0.3, 0.4) is 0 Å². The van der Waals surface area contributed by atoms with E-state index in [4.69, 9.17) is 16.7 Å². The molecule has 2 N–H and O–H groups in total. The highest BCUT2D eigenvalue weighted by molar-refractivity contribution is 7.91. The number of aliphatic hydroxyl groups excluding tert-OH is 1. The van der Waals surface area contributed by atoms with E-state index in [-0.39, 0.29) is 20.7 Å². The van der Waals surface area contributed by atoms with Crippen LogP contribution >= 0.6 is 22.9 Å². The molecule has 0 bridgehead atoms. The van der Waals surface area contributed by atoms with E-state index in [2.05, 4.69) is 9.71 Å². The lowest BCUT2D eigenvalue weighted by Crippen LogP contribution is -2.30. The number of rotatable bonds is 6. The second-order valence-electron chi connectivity index (χ2n) is 4.23. The van der Waals surface area contributed by atoms with Gasteiger partial charge >= 0.3 is 0 Å². The summed E-state index contributed by atoms with van der Waals surface area (Å²) in [6, 6.07) is 0. The molecule has 1 saturated carbocycles. The summed E-state index contributed by atoms with van der Waals surface area (Å²) in [6.07, 6.45) is 3.80. The molecule has 8 heteroatoms. The molecular formula is C9H13ClN2O3S2. The molecule has 17 heavy (non-hydrogen) atoms. The zero-order chi connectivity index (χ0) is 12.5. The Balaban J connectivity index is 1.99. The number of sulfonamides is 1. The summed E-state index contributed by atoms with van der Waals surface area (Å²) in [5.74, 6) is 0. The Bertz CT molecular complexity index is 496. The summed E-state index contributed by atoms with van der Waals surface area (Å²) in [6.45, 7) is 0.458. The normalized spacial score (nSPS) is 18.2. The van der Waals surface area contributed by atoms with Crippen molar-refractivity contribution in [1.29, 1.82) is 0 Å². The van der Waals surface area contributed by atoms with Gasteiger partial charge in [-0.15, -0.1) is 0 Å². The Kier molecular flexibility index (Phi) is 3.74. The largest absolute Gasteiger partial charge is 0.396 e. The van der Waals surface area contributed by atoms with Crippen molar-refractivity contribution in [3.05, 3.63) is 10.7 Å². The smallest absolute Gasteiger partial charge is 0.251 e. The van der Waals surface area contributed by atoms with Crippen LogP contribution in [0.4, 0.5) is 0 Å². The van der Waals surface area contributed by atoms with Crippen molar-refractivity contribution in [3.8, 4) is 0 Å². The molecular weight excluding hydrogens is 284 g/mol. The predicted octanol–water partition coefficient (Wildman–Crippen LogP) is 1.24. The Labute approximate surface area is 109 Å². The summed E-state index contributed by atoms with van der Waals surface area (Å²) in [5.41, 5.74) is -0.0453. The van der Waals surface area contributed by atoms with Crippen molar-refractivity contribution in [1.82, 2.24) is 9.71 Å². The number of hydrogen-bond acceptors (Lipinski definition) is 5. The van der Waals surface area contributed by atoms with Gasteiger partial charge in [0.25, 0.3) is 10.0 Å². The van der Waals surface area contributed by atoms with Crippen LogP contribution in [0.15, 0.2) is 10.4 Å². The van der Waals surface area contributed by atoms with Gasteiger partial charge in [0.15, 0.2) is 8.68 Å². The summed E-state index contributed by atoms with van der Waals surface area (Å²) >= 11 is 6.53. The van der Waals surface area contributed by atoms with E-state index < -0.39 is 10.0 Å². The number of nitrogens with one attached hydrogen (secondary N) is 1. The van der Waals surface area contributed by atoms with Gasteiger partial charge in [-0.3, -0.25) is 0 Å². The molecule has 0 spiro atoms. The summed E-state index contributed by atoms with van der Waals surface area (Å²) in [4.78, 5) is 3.70. The average molecular weight is 297 g/mol. The minimum atomic E-state index is -3.51. The Morgan fingerprint density at radius 2 is 2.29 bits per heavy atom. The topological polar surface area (TPSA) is 79.3 Å². The summed E-state index contributed by atoms with van der Waals surface area (Å²) < 4.78 is 26.6. The van der Waals surface area contributed by atoms with Crippen LogP contribution in [0.2, 0.25) is 4.47 Å². The Morgan fingerprint density at radius 1 is 1.59 bits per heavy atom. The number of thiazole rings is 1. The molecule has 2 rings (SSSR count). The monoisotopic (exact) mass is 296 g/mol. The van der Waals surface area contributed by atoms with Gasteiger partial charge in [0.1, 0.15) is 0 Å². The van der Waals surface area contributed by atoms with E-state index in [1.807, 2.05) is 0 Å². The quantitative estimate of drug-likeness (QED) is 0.828. The Hall–Kier alpha value is -0.210. The lowest BCUT2D eigenvalue weighted by molar-refractivity contribution is 0.249. The SMILES string of the molecule is O=S(=O)(NCC1(CCO)CC1)c1cnc(Cl)s1. The molecule has 96 valence electrons. The molecule has 1 aromatic heterocycles. The first-order valence-electron chi connectivity index (χ1n) is 5.19. The third kappa shape index (κ3) is 3.17. The molecule has 0 radical (unpaired) electrons. The van der Waals surface area contributed by atoms with Crippen molar-refractivity contribution >= 4 is 33.0 Å². The van der Waals surface area contributed by atoms with Gasteiger partial charge in [0.2, 0.25) is 0 Å². The van der Waals surface area contributed by atoms with Crippen LogP contribution in [-0.2, 0) is 10.0 Å². The van der Waals surface area contributed by atoms with E-state index in [1.54, 1.807) is 0 Å². The number of aromatic nitrogens is 1. The fraction of sp³-hybridized carbons (Fsp3) is 0.667.